The average molecular weight is 463 g/mol. The fraction of sp³-hybridized carbons (Fsp3) is 0.304. The lowest BCUT2D eigenvalue weighted by atomic mass is 10.2. The Kier molecular flexibility index (Phi) is 6.00. The van der Waals surface area contributed by atoms with Crippen molar-refractivity contribution < 1.29 is 18.9 Å². The fourth-order valence-electron chi connectivity index (χ4n) is 3.86. The molecule has 11 heteroatoms. The molecule has 1 aromatic carbocycles. The fourth-order valence-corrected chi connectivity index (χ4v) is 3.86. The number of hydrogen-bond donors (Lipinski definition) is 2. The number of anilines is 3. The zero-order valence-corrected chi connectivity index (χ0v) is 19.2. The maximum absolute atomic E-state index is 5.44. The van der Waals surface area contributed by atoms with Crippen LogP contribution < -0.4 is 24.4 Å². The van der Waals surface area contributed by atoms with Crippen molar-refractivity contribution in [1.82, 2.24) is 24.9 Å². The summed E-state index contributed by atoms with van der Waals surface area (Å²) in [4.78, 5) is 23.5. The number of aromatic nitrogens is 5. The van der Waals surface area contributed by atoms with Gasteiger partial charge in [0.15, 0.2) is 23.0 Å². The number of fused-ring (bicyclic) bond motifs is 1. The predicted octanol–water partition coefficient (Wildman–Crippen LogP) is 3.02. The third-order valence-corrected chi connectivity index (χ3v) is 5.57. The van der Waals surface area contributed by atoms with E-state index < -0.39 is 0 Å². The van der Waals surface area contributed by atoms with Crippen molar-refractivity contribution in [3.63, 3.8) is 0 Å². The minimum absolute atomic E-state index is 0.514. The first-order valence-electron chi connectivity index (χ1n) is 10.8. The van der Waals surface area contributed by atoms with E-state index in [2.05, 4.69) is 35.1 Å². The number of H-pyrrole nitrogens is 1. The lowest BCUT2D eigenvalue weighted by Crippen LogP contribution is -2.36. The summed E-state index contributed by atoms with van der Waals surface area (Å²) in [6.45, 7) is 3.10. The quantitative estimate of drug-likeness (QED) is 0.423. The van der Waals surface area contributed by atoms with Crippen LogP contribution in [0.5, 0.6) is 17.2 Å². The molecule has 0 bridgehead atoms. The minimum Gasteiger partial charge on any atom is -0.493 e. The van der Waals surface area contributed by atoms with E-state index in [4.69, 9.17) is 18.9 Å². The van der Waals surface area contributed by atoms with Gasteiger partial charge in [-0.25, -0.2) is 19.9 Å². The molecule has 0 radical (unpaired) electrons. The van der Waals surface area contributed by atoms with Gasteiger partial charge in [-0.1, -0.05) is 0 Å². The van der Waals surface area contributed by atoms with Gasteiger partial charge in [0.1, 0.15) is 23.5 Å². The molecule has 5 rings (SSSR count). The Morgan fingerprint density at radius 1 is 0.971 bits per heavy atom. The lowest BCUT2D eigenvalue weighted by molar-refractivity contribution is 0.122. The Hall–Kier alpha value is -4.12. The van der Waals surface area contributed by atoms with E-state index in [-0.39, 0.29) is 0 Å². The molecule has 3 aromatic heterocycles. The lowest BCUT2D eigenvalue weighted by Gasteiger charge is -2.27. The summed E-state index contributed by atoms with van der Waals surface area (Å²) in [6, 6.07) is 7.60. The Labute approximate surface area is 196 Å². The van der Waals surface area contributed by atoms with Crippen LogP contribution in [0.2, 0.25) is 0 Å². The second kappa shape index (κ2) is 9.40. The third-order valence-electron chi connectivity index (χ3n) is 5.57. The van der Waals surface area contributed by atoms with Crippen molar-refractivity contribution in [2.45, 2.75) is 0 Å². The van der Waals surface area contributed by atoms with E-state index in [1.54, 1.807) is 33.5 Å². The van der Waals surface area contributed by atoms with Crippen LogP contribution in [0.3, 0.4) is 0 Å². The summed E-state index contributed by atoms with van der Waals surface area (Å²) in [7, 11) is 4.71. The van der Waals surface area contributed by atoms with Gasteiger partial charge in [0.05, 0.1) is 34.5 Å². The molecule has 2 N–H and O–H groups in total. The molecule has 1 saturated heterocycles. The maximum atomic E-state index is 5.44. The van der Waals surface area contributed by atoms with Gasteiger partial charge in [0, 0.05) is 42.7 Å². The number of ether oxygens (including phenoxy) is 4. The summed E-state index contributed by atoms with van der Waals surface area (Å²) < 4.78 is 21.7. The summed E-state index contributed by atoms with van der Waals surface area (Å²) in [5.41, 5.74) is 2.77. The molecule has 0 aliphatic carbocycles. The predicted molar refractivity (Wildman–Crippen MR) is 127 cm³/mol. The molecule has 0 spiro atoms. The molecule has 0 unspecified atom stereocenters. The summed E-state index contributed by atoms with van der Waals surface area (Å²) in [5, 5.41) is 3.29. The van der Waals surface area contributed by atoms with Gasteiger partial charge in [-0.15, -0.1) is 0 Å². The first kappa shape index (κ1) is 21.7. The van der Waals surface area contributed by atoms with Crippen LogP contribution in [0.1, 0.15) is 0 Å². The monoisotopic (exact) mass is 463 g/mol. The van der Waals surface area contributed by atoms with Gasteiger partial charge in [-0.05, 0) is 12.1 Å². The Morgan fingerprint density at radius 2 is 1.74 bits per heavy atom. The maximum Gasteiger partial charge on any atom is 0.203 e. The van der Waals surface area contributed by atoms with Crippen molar-refractivity contribution >= 4 is 28.5 Å². The molecule has 34 heavy (non-hydrogen) atoms. The molecular formula is C23H25N7O4. The number of methoxy groups -OCH3 is 3. The zero-order chi connectivity index (χ0) is 23.5. The average Bonchev–Trinajstić information content (AvgIpc) is 3.34. The van der Waals surface area contributed by atoms with E-state index in [1.165, 1.54) is 6.33 Å². The van der Waals surface area contributed by atoms with E-state index >= 15 is 0 Å². The smallest absolute Gasteiger partial charge is 0.203 e. The number of hydrogen-bond acceptors (Lipinski definition) is 10. The van der Waals surface area contributed by atoms with Crippen LogP contribution >= 0.6 is 0 Å². The largest absolute Gasteiger partial charge is 0.493 e. The van der Waals surface area contributed by atoms with Crippen LogP contribution in [0.4, 0.5) is 17.3 Å². The van der Waals surface area contributed by atoms with Gasteiger partial charge in [-0.3, -0.25) is 0 Å². The molecule has 4 heterocycles. The number of nitrogens with one attached hydrogen (secondary N) is 2. The highest BCUT2D eigenvalue weighted by Gasteiger charge is 2.17. The summed E-state index contributed by atoms with van der Waals surface area (Å²) in [6.07, 6.45) is 3.27. The minimum atomic E-state index is 0.514. The highest BCUT2D eigenvalue weighted by Crippen LogP contribution is 2.40. The number of rotatable bonds is 7. The third kappa shape index (κ3) is 4.13. The van der Waals surface area contributed by atoms with E-state index in [0.29, 0.717) is 59.0 Å². The van der Waals surface area contributed by atoms with Gasteiger partial charge < -0.3 is 34.1 Å². The van der Waals surface area contributed by atoms with Crippen molar-refractivity contribution in [2.24, 2.45) is 0 Å². The molecule has 0 amide bonds. The number of pyridine rings is 1. The van der Waals surface area contributed by atoms with E-state index in [0.717, 1.165) is 24.5 Å². The van der Waals surface area contributed by atoms with Crippen LogP contribution in [0.25, 0.3) is 22.6 Å². The van der Waals surface area contributed by atoms with Crippen LogP contribution in [-0.2, 0) is 4.74 Å². The van der Waals surface area contributed by atoms with Crippen molar-refractivity contribution in [3.05, 3.63) is 36.8 Å². The number of nitrogens with zero attached hydrogens (tertiary/aromatic N) is 5. The standard InChI is InChI=1S/C23H25N7O4/c1-31-16-10-15(11-17(32-2)20(16)33-3)27-22-19-23(26-13-25-22)29-21(28-19)14-4-5-18(24-12-14)30-6-8-34-9-7-30/h4-5,10-13H,6-9H2,1-3H3,(H2,25,26,27,28,29). The van der Waals surface area contributed by atoms with Gasteiger partial charge in [-0.2, -0.15) is 0 Å². The Balaban J connectivity index is 1.44. The highest BCUT2D eigenvalue weighted by molar-refractivity contribution is 5.87. The van der Waals surface area contributed by atoms with Gasteiger partial charge in [0.2, 0.25) is 5.75 Å². The topological polar surface area (TPSA) is 120 Å². The van der Waals surface area contributed by atoms with Crippen LogP contribution in [-0.4, -0.2) is 72.6 Å². The molecule has 1 aliphatic rings. The normalized spacial score (nSPS) is 13.7. The highest BCUT2D eigenvalue weighted by atomic mass is 16.5. The van der Waals surface area contributed by atoms with Gasteiger partial charge >= 0.3 is 0 Å². The van der Waals surface area contributed by atoms with Crippen molar-refractivity contribution in [2.75, 3.05) is 57.8 Å². The number of morpholine rings is 1. The SMILES string of the molecule is COc1cc(Nc2ncnc3nc(-c4ccc(N5CCOCC5)nc4)[nH]c23)cc(OC)c1OC. The summed E-state index contributed by atoms with van der Waals surface area (Å²) >= 11 is 0. The molecule has 0 atom stereocenters. The number of aromatic amines is 1. The van der Waals surface area contributed by atoms with Crippen molar-refractivity contribution in [1.29, 1.82) is 0 Å². The summed E-state index contributed by atoms with van der Waals surface area (Å²) in [5.74, 6) is 3.73. The van der Waals surface area contributed by atoms with E-state index in [9.17, 15) is 0 Å². The van der Waals surface area contributed by atoms with Crippen LogP contribution in [0, 0.1) is 0 Å². The second-order valence-electron chi connectivity index (χ2n) is 7.55. The Morgan fingerprint density at radius 3 is 2.38 bits per heavy atom. The van der Waals surface area contributed by atoms with E-state index in [1.807, 2.05) is 18.3 Å². The molecule has 1 fully saturated rings. The zero-order valence-electron chi connectivity index (χ0n) is 19.2. The first-order valence-corrected chi connectivity index (χ1v) is 10.8. The molecule has 1 aliphatic heterocycles. The Bertz CT molecular complexity index is 1260. The molecule has 4 aromatic rings. The van der Waals surface area contributed by atoms with Crippen molar-refractivity contribution in [3.8, 4) is 28.6 Å². The second-order valence-corrected chi connectivity index (χ2v) is 7.55. The molecule has 11 nitrogen and oxygen atoms in total. The molecule has 0 saturated carbocycles. The van der Waals surface area contributed by atoms with Gasteiger partial charge in [0.25, 0.3) is 0 Å². The first-order chi connectivity index (χ1) is 16.7. The molecular weight excluding hydrogens is 438 g/mol. The molecule has 176 valence electrons. The van der Waals surface area contributed by atoms with Crippen LogP contribution in [0.15, 0.2) is 36.8 Å². The number of benzene rings is 1. The number of imidazole rings is 1.